The molecule has 2 aromatic carbocycles. The van der Waals surface area contributed by atoms with Crippen LogP contribution in [0.3, 0.4) is 0 Å². The molecule has 0 radical (unpaired) electrons. The van der Waals surface area contributed by atoms with Gasteiger partial charge in [-0.3, -0.25) is 0 Å². The Morgan fingerprint density at radius 1 is 1.05 bits per heavy atom. The van der Waals surface area contributed by atoms with Crippen molar-refractivity contribution in [3.63, 3.8) is 0 Å². The van der Waals surface area contributed by atoms with Gasteiger partial charge in [-0.25, -0.2) is 0 Å². The normalized spacial score (nSPS) is 10.3. The quantitative estimate of drug-likeness (QED) is 0.756. The van der Waals surface area contributed by atoms with E-state index >= 15 is 0 Å². The summed E-state index contributed by atoms with van der Waals surface area (Å²) in [5, 5.41) is 4.19. The molecule has 0 saturated heterocycles. The fourth-order valence-electron chi connectivity index (χ4n) is 2.31. The molecule has 1 N–H and O–H groups in total. The smallest absolute Gasteiger partial charge is 0.173 e. The molecule has 22 heavy (non-hydrogen) atoms. The van der Waals surface area contributed by atoms with E-state index in [2.05, 4.69) is 60.5 Å². The number of thiocarbonyl (C=S) groups is 1. The van der Waals surface area contributed by atoms with Crippen LogP contribution in [0.5, 0.6) is 0 Å². The van der Waals surface area contributed by atoms with Crippen LogP contribution in [0.4, 0.5) is 5.69 Å². The fraction of sp³-hybridized carbons (Fsp3) is 0.316. The maximum atomic E-state index is 5.64. The molecule has 2 rings (SSSR count). The van der Waals surface area contributed by atoms with Gasteiger partial charge >= 0.3 is 0 Å². The highest BCUT2D eigenvalue weighted by atomic mass is 32.1. The van der Waals surface area contributed by atoms with Crippen molar-refractivity contribution in [2.24, 2.45) is 0 Å². The number of hydrogen-bond acceptors (Lipinski definition) is 1. The third kappa shape index (κ3) is 4.85. The predicted octanol–water partition coefficient (Wildman–Crippen LogP) is 4.99. The van der Waals surface area contributed by atoms with Gasteiger partial charge in [0.2, 0.25) is 0 Å². The first-order chi connectivity index (χ1) is 10.7. The summed E-state index contributed by atoms with van der Waals surface area (Å²) in [6, 6.07) is 18.7. The van der Waals surface area contributed by atoms with Crippen LogP contribution in [-0.4, -0.2) is 16.6 Å². The Kier molecular flexibility index (Phi) is 6.41. The summed E-state index contributed by atoms with van der Waals surface area (Å²) in [6.07, 6.45) is 2.31. The summed E-state index contributed by atoms with van der Waals surface area (Å²) < 4.78 is 0. The minimum Gasteiger partial charge on any atom is -0.345 e. The summed E-state index contributed by atoms with van der Waals surface area (Å²) in [5.74, 6) is 0. The van der Waals surface area contributed by atoms with Gasteiger partial charge < -0.3 is 10.2 Å². The van der Waals surface area contributed by atoms with Crippen molar-refractivity contribution in [1.29, 1.82) is 0 Å². The van der Waals surface area contributed by atoms with Crippen molar-refractivity contribution in [3.8, 4) is 0 Å². The number of nitrogens with one attached hydrogen (secondary N) is 1. The van der Waals surface area contributed by atoms with Crippen molar-refractivity contribution >= 4 is 23.0 Å². The lowest BCUT2D eigenvalue weighted by Crippen LogP contribution is -2.35. The molecule has 0 spiro atoms. The lowest BCUT2D eigenvalue weighted by Gasteiger charge is -2.26. The first-order valence-electron chi connectivity index (χ1n) is 7.86. The Morgan fingerprint density at radius 2 is 1.73 bits per heavy atom. The van der Waals surface area contributed by atoms with Crippen molar-refractivity contribution in [3.05, 3.63) is 65.7 Å². The van der Waals surface area contributed by atoms with Gasteiger partial charge in [0.05, 0.1) is 0 Å². The molecule has 0 saturated carbocycles. The van der Waals surface area contributed by atoms with E-state index in [9.17, 15) is 0 Å². The molecule has 0 heterocycles. The van der Waals surface area contributed by atoms with Gasteiger partial charge in [-0.15, -0.1) is 0 Å². The van der Waals surface area contributed by atoms with E-state index in [1.807, 2.05) is 18.2 Å². The fourth-order valence-corrected chi connectivity index (χ4v) is 2.58. The zero-order valence-electron chi connectivity index (χ0n) is 13.4. The van der Waals surface area contributed by atoms with Gasteiger partial charge in [0, 0.05) is 18.8 Å². The third-order valence-electron chi connectivity index (χ3n) is 3.67. The van der Waals surface area contributed by atoms with Crippen LogP contribution in [-0.2, 0) is 6.54 Å². The average Bonchev–Trinajstić information content (AvgIpc) is 2.54. The third-order valence-corrected chi connectivity index (χ3v) is 4.03. The first-order valence-corrected chi connectivity index (χ1v) is 8.27. The van der Waals surface area contributed by atoms with Crippen LogP contribution in [0.25, 0.3) is 0 Å². The van der Waals surface area contributed by atoms with Gasteiger partial charge in [0.25, 0.3) is 0 Å². The molecule has 0 bridgehead atoms. The van der Waals surface area contributed by atoms with E-state index in [1.54, 1.807) is 0 Å². The maximum Gasteiger partial charge on any atom is 0.173 e. The zero-order valence-corrected chi connectivity index (χ0v) is 14.2. The van der Waals surface area contributed by atoms with Gasteiger partial charge in [0.1, 0.15) is 0 Å². The van der Waals surface area contributed by atoms with Crippen LogP contribution in [0, 0.1) is 6.92 Å². The van der Waals surface area contributed by atoms with E-state index in [0.29, 0.717) is 0 Å². The van der Waals surface area contributed by atoms with E-state index in [1.165, 1.54) is 11.1 Å². The highest BCUT2D eigenvalue weighted by molar-refractivity contribution is 7.80. The van der Waals surface area contributed by atoms with Crippen LogP contribution in [0.1, 0.15) is 30.9 Å². The van der Waals surface area contributed by atoms with E-state index in [-0.39, 0.29) is 0 Å². The Hall–Kier alpha value is -1.87. The van der Waals surface area contributed by atoms with Crippen molar-refractivity contribution in [2.45, 2.75) is 33.2 Å². The Bertz CT molecular complexity index is 595. The molecule has 0 amide bonds. The molecule has 0 aliphatic rings. The standard InChI is InChI=1S/C19H24N2S/c1-3-4-14-21(15-17-11-6-5-7-12-17)19(22)20-18-13-9-8-10-16(18)2/h5-13H,3-4,14-15H2,1-2H3,(H,20,22). The summed E-state index contributed by atoms with van der Waals surface area (Å²) in [4.78, 5) is 2.25. The first kappa shape index (κ1) is 16.5. The Labute approximate surface area is 139 Å². The summed E-state index contributed by atoms with van der Waals surface area (Å²) in [6.45, 7) is 6.12. The van der Waals surface area contributed by atoms with Gasteiger partial charge in [-0.1, -0.05) is 61.9 Å². The zero-order chi connectivity index (χ0) is 15.8. The number of anilines is 1. The summed E-state index contributed by atoms with van der Waals surface area (Å²) in [5.41, 5.74) is 3.58. The van der Waals surface area contributed by atoms with Gasteiger partial charge in [-0.05, 0) is 42.8 Å². The second kappa shape index (κ2) is 8.54. The van der Waals surface area contributed by atoms with Crippen LogP contribution < -0.4 is 5.32 Å². The lowest BCUT2D eigenvalue weighted by atomic mass is 10.2. The SMILES string of the molecule is CCCCN(Cc1ccccc1)C(=S)Nc1ccccc1C. The largest absolute Gasteiger partial charge is 0.345 e. The molecule has 3 heteroatoms. The predicted molar refractivity (Wildman–Crippen MR) is 99.2 cm³/mol. The molecular weight excluding hydrogens is 288 g/mol. The molecule has 2 nitrogen and oxygen atoms in total. The topological polar surface area (TPSA) is 15.3 Å². The molecule has 2 aromatic rings. The number of aryl methyl sites for hydroxylation is 1. The molecule has 116 valence electrons. The van der Waals surface area contributed by atoms with Crippen molar-refractivity contribution in [2.75, 3.05) is 11.9 Å². The number of unbranched alkanes of at least 4 members (excludes halogenated alkanes) is 1. The molecule has 0 fully saturated rings. The molecular formula is C19H24N2S. The molecule has 0 unspecified atom stereocenters. The van der Waals surface area contributed by atoms with Crippen LogP contribution in [0.2, 0.25) is 0 Å². The van der Waals surface area contributed by atoms with Crippen molar-refractivity contribution < 1.29 is 0 Å². The maximum absolute atomic E-state index is 5.64. The molecule has 0 aliphatic heterocycles. The van der Waals surface area contributed by atoms with Crippen LogP contribution >= 0.6 is 12.2 Å². The number of benzene rings is 2. The minimum absolute atomic E-state index is 0.798. The van der Waals surface area contributed by atoms with E-state index < -0.39 is 0 Å². The van der Waals surface area contributed by atoms with Gasteiger partial charge in [0.15, 0.2) is 5.11 Å². The highest BCUT2D eigenvalue weighted by Crippen LogP contribution is 2.15. The number of hydrogen-bond donors (Lipinski definition) is 1. The van der Waals surface area contributed by atoms with Crippen LogP contribution in [0.15, 0.2) is 54.6 Å². The minimum atomic E-state index is 0.798. The monoisotopic (exact) mass is 312 g/mol. The van der Waals surface area contributed by atoms with Gasteiger partial charge in [-0.2, -0.15) is 0 Å². The number of nitrogens with zero attached hydrogens (tertiary/aromatic N) is 1. The second-order valence-corrected chi connectivity index (χ2v) is 5.89. The molecule has 0 aromatic heterocycles. The van der Waals surface area contributed by atoms with Crippen molar-refractivity contribution in [1.82, 2.24) is 4.90 Å². The summed E-state index contributed by atoms with van der Waals surface area (Å²) in [7, 11) is 0. The lowest BCUT2D eigenvalue weighted by molar-refractivity contribution is 0.408. The molecule has 0 atom stereocenters. The second-order valence-electron chi connectivity index (χ2n) is 5.51. The number of para-hydroxylation sites is 1. The average molecular weight is 312 g/mol. The Balaban J connectivity index is 2.07. The number of rotatable bonds is 6. The van der Waals surface area contributed by atoms with E-state index in [0.717, 1.165) is 36.7 Å². The summed E-state index contributed by atoms with van der Waals surface area (Å²) >= 11 is 5.64. The molecule has 0 aliphatic carbocycles. The van der Waals surface area contributed by atoms with E-state index in [4.69, 9.17) is 12.2 Å². The highest BCUT2D eigenvalue weighted by Gasteiger charge is 2.11. The Morgan fingerprint density at radius 3 is 2.41 bits per heavy atom.